The molecule has 8 heteroatoms. The maximum Gasteiger partial charge on any atom is 0.262 e. The van der Waals surface area contributed by atoms with Crippen molar-refractivity contribution in [1.29, 1.82) is 0 Å². The van der Waals surface area contributed by atoms with Gasteiger partial charge in [0.2, 0.25) is 5.89 Å². The summed E-state index contributed by atoms with van der Waals surface area (Å²) in [6.45, 7) is 3.76. The van der Waals surface area contributed by atoms with E-state index in [1.807, 2.05) is 37.3 Å². The van der Waals surface area contributed by atoms with E-state index in [2.05, 4.69) is 19.9 Å². The summed E-state index contributed by atoms with van der Waals surface area (Å²) in [5, 5.41) is 7.22. The average Bonchev–Trinajstić information content (AvgIpc) is 3.40. The maximum atomic E-state index is 12.9. The summed E-state index contributed by atoms with van der Waals surface area (Å²) in [5.41, 5.74) is 5.70. The van der Waals surface area contributed by atoms with E-state index < -0.39 is 10.0 Å². The minimum atomic E-state index is -3.72. The Bertz CT molecular complexity index is 1550. The third-order valence-corrected chi connectivity index (χ3v) is 6.73. The number of anilines is 1. The van der Waals surface area contributed by atoms with E-state index in [0.717, 1.165) is 16.6 Å². The number of oxazole rings is 1. The Labute approximate surface area is 185 Å². The Hall–Kier alpha value is -3.91. The van der Waals surface area contributed by atoms with Crippen LogP contribution < -0.4 is 4.72 Å². The van der Waals surface area contributed by atoms with E-state index in [4.69, 9.17) is 4.42 Å². The van der Waals surface area contributed by atoms with Crippen molar-refractivity contribution in [1.82, 2.24) is 15.2 Å². The van der Waals surface area contributed by atoms with Gasteiger partial charge in [-0.05, 0) is 55.3 Å². The van der Waals surface area contributed by atoms with Gasteiger partial charge >= 0.3 is 0 Å². The minimum Gasteiger partial charge on any atom is -0.436 e. The van der Waals surface area contributed by atoms with Crippen molar-refractivity contribution in [2.75, 3.05) is 4.72 Å². The fourth-order valence-electron chi connectivity index (χ4n) is 3.62. The van der Waals surface area contributed by atoms with Crippen LogP contribution >= 0.6 is 0 Å². The van der Waals surface area contributed by atoms with E-state index >= 15 is 0 Å². The number of benzene rings is 3. The molecule has 0 fully saturated rings. The highest BCUT2D eigenvalue weighted by Crippen LogP contribution is 2.33. The van der Waals surface area contributed by atoms with Crippen molar-refractivity contribution in [3.8, 4) is 22.7 Å². The van der Waals surface area contributed by atoms with Gasteiger partial charge in [0.1, 0.15) is 11.2 Å². The number of rotatable bonds is 5. The number of nitrogens with zero attached hydrogens (tertiary/aromatic N) is 2. The summed E-state index contributed by atoms with van der Waals surface area (Å²) < 4.78 is 34.4. The second-order valence-corrected chi connectivity index (χ2v) is 9.24. The van der Waals surface area contributed by atoms with Crippen molar-refractivity contribution in [3.63, 3.8) is 0 Å². The fourth-order valence-corrected chi connectivity index (χ4v) is 4.91. The SMILES string of the molecule is Cc1ccc2nc(-c3c[nH]nc3-c3cccc(NS(=O)(=O)c4ccccc4C)c3)oc2c1. The summed E-state index contributed by atoms with van der Waals surface area (Å²) in [6, 6.07) is 19.8. The highest BCUT2D eigenvalue weighted by molar-refractivity contribution is 7.92. The normalized spacial score (nSPS) is 11.7. The maximum absolute atomic E-state index is 12.9. The molecule has 7 nitrogen and oxygen atoms in total. The molecule has 5 rings (SSSR count). The van der Waals surface area contributed by atoms with Crippen molar-refractivity contribution < 1.29 is 12.8 Å². The van der Waals surface area contributed by atoms with Crippen molar-refractivity contribution in [3.05, 3.63) is 84.1 Å². The Balaban J connectivity index is 1.51. The second kappa shape index (κ2) is 7.65. The van der Waals surface area contributed by atoms with Crippen LogP contribution in [-0.4, -0.2) is 23.6 Å². The molecule has 0 saturated heterocycles. The molecule has 0 radical (unpaired) electrons. The molecule has 0 bridgehead atoms. The summed E-state index contributed by atoms with van der Waals surface area (Å²) in [6.07, 6.45) is 1.72. The predicted molar refractivity (Wildman–Crippen MR) is 124 cm³/mol. The van der Waals surface area contributed by atoms with Crippen LogP contribution in [0.25, 0.3) is 33.8 Å². The summed E-state index contributed by atoms with van der Waals surface area (Å²) in [7, 11) is -3.72. The average molecular weight is 445 g/mol. The number of sulfonamides is 1. The number of hydrogen-bond acceptors (Lipinski definition) is 5. The number of hydrogen-bond donors (Lipinski definition) is 2. The van der Waals surface area contributed by atoms with Gasteiger partial charge in [-0.2, -0.15) is 5.10 Å². The first kappa shape index (κ1) is 20.0. The van der Waals surface area contributed by atoms with E-state index in [1.54, 1.807) is 49.5 Å². The Morgan fingerprint density at radius 1 is 0.969 bits per heavy atom. The largest absolute Gasteiger partial charge is 0.436 e. The van der Waals surface area contributed by atoms with Gasteiger partial charge in [-0.1, -0.05) is 36.4 Å². The first-order valence-electron chi connectivity index (χ1n) is 10.0. The van der Waals surface area contributed by atoms with Gasteiger partial charge in [0.05, 0.1) is 10.5 Å². The van der Waals surface area contributed by atoms with Crippen LogP contribution in [0, 0.1) is 13.8 Å². The lowest BCUT2D eigenvalue weighted by Crippen LogP contribution is -2.14. The number of H-pyrrole nitrogens is 1. The van der Waals surface area contributed by atoms with Crippen LogP contribution in [0.1, 0.15) is 11.1 Å². The lowest BCUT2D eigenvalue weighted by molar-refractivity contribution is 0.600. The van der Waals surface area contributed by atoms with Crippen LogP contribution in [0.15, 0.2) is 82.2 Å². The third-order valence-electron chi connectivity index (χ3n) is 5.19. The molecule has 0 aliphatic heterocycles. The molecular formula is C24H20N4O3S. The van der Waals surface area contributed by atoms with Crippen molar-refractivity contribution in [2.45, 2.75) is 18.7 Å². The van der Waals surface area contributed by atoms with Crippen LogP contribution in [0.2, 0.25) is 0 Å². The molecule has 0 unspecified atom stereocenters. The number of aromatic nitrogens is 3. The number of aryl methyl sites for hydroxylation is 2. The number of fused-ring (bicyclic) bond motifs is 1. The Morgan fingerprint density at radius 3 is 2.66 bits per heavy atom. The molecule has 5 aromatic rings. The molecule has 0 amide bonds. The Morgan fingerprint density at radius 2 is 1.81 bits per heavy atom. The Kier molecular flexibility index (Phi) is 4.79. The lowest BCUT2D eigenvalue weighted by Gasteiger charge is -2.11. The van der Waals surface area contributed by atoms with Gasteiger partial charge in [0.25, 0.3) is 10.0 Å². The molecule has 160 valence electrons. The lowest BCUT2D eigenvalue weighted by atomic mass is 10.1. The van der Waals surface area contributed by atoms with Gasteiger partial charge < -0.3 is 4.42 Å². The first-order chi connectivity index (χ1) is 15.4. The molecular weight excluding hydrogens is 424 g/mol. The zero-order valence-corrected chi connectivity index (χ0v) is 18.3. The molecule has 2 aromatic heterocycles. The topological polar surface area (TPSA) is 101 Å². The molecule has 2 N–H and O–H groups in total. The van der Waals surface area contributed by atoms with E-state index in [9.17, 15) is 8.42 Å². The predicted octanol–water partition coefficient (Wildman–Crippen LogP) is 5.30. The first-order valence-corrected chi connectivity index (χ1v) is 11.5. The quantitative estimate of drug-likeness (QED) is 0.383. The highest BCUT2D eigenvalue weighted by Gasteiger charge is 2.19. The molecule has 0 saturated carbocycles. The van der Waals surface area contributed by atoms with E-state index in [-0.39, 0.29) is 4.90 Å². The van der Waals surface area contributed by atoms with Gasteiger partial charge in [0, 0.05) is 17.4 Å². The van der Waals surface area contributed by atoms with Gasteiger partial charge in [-0.25, -0.2) is 13.4 Å². The highest BCUT2D eigenvalue weighted by atomic mass is 32.2. The van der Waals surface area contributed by atoms with Crippen LogP contribution in [0.4, 0.5) is 5.69 Å². The minimum absolute atomic E-state index is 0.243. The molecule has 0 atom stereocenters. The van der Waals surface area contributed by atoms with Gasteiger partial charge in [0.15, 0.2) is 5.58 Å². The molecule has 2 heterocycles. The number of aromatic amines is 1. The molecule has 3 aromatic carbocycles. The standard InChI is InChI=1S/C24H20N4O3S/c1-15-10-11-20-21(12-15)31-24(26-20)19-14-25-27-23(19)17-7-5-8-18(13-17)28-32(29,30)22-9-4-3-6-16(22)2/h3-14,28H,1-2H3,(H,25,27). The molecule has 0 aliphatic rings. The van der Waals surface area contributed by atoms with Gasteiger partial charge in [-0.15, -0.1) is 0 Å². The second-order valence-electron chi connectivity index (χ2n) is 7.59. The van der Waals surface area contributed by atoms with Gasteiger partial charge in [-0.3, -0.25) is 9.82 Å². The number of nitrogens with one attached hydrogen (secondary N) is 2. The van der Waals surface area contributed by atoms with Crippen LogP contribution in [0.5, 0.6) is 0 Å². The molecule has 0 aliphatic carbocycles. The van der Waals surface area contributed by atoms with Crippen molar-refractivity contribution in [2.24, 2.45) is 0 Å². The summed E-state index contributed by atoms with van der Waals surface area (Å²) in [4.78, 5) is 4.82. The fraction of sp³-hybridized carbons (Fsp3) is 0.0833. The monoisotopic (exact) mass is 444 g/mol. The molecule has 32 heavy (non-hydrogen) atoms. The van der Waals surface area contributed by atoms with Crippen LogP contribution in [0.3, 0.4) is 0 Å². The zero-order chi connectivity index (χ0) is 22.3. The summed E-state index contributed by atoms with van der Waals surface area (Å²) in [5.74, 6) is 0.445. The summed E-state index contributed by atoms with van der Waals surface area (Å²) >= 11 is 0. The van der Waals surface area contributed by atoms with E-state index in [1.165, 1.54) is 0 Å². The van der Waals surface area contributed by atoms with Crippen molar-refractivity contribution >= 4 is 26.8 Å². The van der Waals surface area contributed by atoms with E-state index in [0.29, 0.717) is 34.0 Å². The van der Waals surface area contributed by atoms with Crippen LogP contribution in [-0.2, 0) is 10.0 Å². The zero-order valence-electron chi connectivity index (χ0n) is 17.5. The third kappa shape index (κ3) is 3.65. The smallest absolute Gasteiger partial charge is 0.262 e. The molecule has 0 spiro atoms.